The van der Waals surface area contributed by atoms with Crippen LogP contribution in [0.4, 0.5) is 0 Å². The molecule has 0 radical (unpaired) electrons. The van der Waals surface area contributed by atoms with Gasteiger partial charge in [-0.1, -0.05) is 5.92 Å². The predicted molar refractivity (Wildman–Crippen MR) is 63.4 cm³/mol. The topological polar surface area (TPSA) is 59.3 Å². The maximum Gasteiger partial charge on any atom is 0.256 e. The van der Waals surface area contributed by atoms with Gasteiger partial charge in [0.2, 0.25) is 0 Å². The summed E-state index contributed by atoms with van der Waals surface area (Å²) < 4.78 is 1.59. The van der Waals surface area contributed by atoms with E-state index >= 15 is 0 Å². The number of hydrogen-bond acceptors (Lipinski definition) is 3. The highest BCUT2D eigenvalue weighted by atomic mass is 16.1. The van der Waals surface area contributed by atoms with Crippen molar-refractivity contribution in [3.8, 4) is 12.3 Å². The Morgan fingerprint density at radius 3 is 3.00 bits per heavy atom. The Bertz CT molecular complexity index is 606. The second-order valence-electron chi connectivity index (χ2n) is 4.19. The first-order valence-corrected chi connectivity index (χ1v) is 5.11. The molecule has 2 aromatic heterocycles. The molecule has 0 aliphatic carbocycles. The summed E-state index contributed by atoms with van der Waals surface area (Å²) in [5.41, 5.74) is 0.423. The maximum absolute atomic E-state index is 12.0. The molecule has 5 nitrogen and oxygen atoms in total. The molecule has 2 heterocycles. The quantitative estimate of drug-likeness (QED) is 0.776. The van der Waals surface area contributed by atoms with Crippen molar-refractivity contribution in [2.24, 2.45) is 0 Å². The number of carbonyl (C=O) groups is 1. The van der Waals surface area contributed by atoms with Crippen molar-refractivity contribution in [2.45, 2.75) is 19.4 Å². The first-order valence-electron chi connectivity index (χ1n) is 5.11. The van der Waals surface area contributed by atoms with Crippen molar-refractivity contribution in [3.63, 3.8) is 0 Å². The minimum Gasteiger partial charge on any atom is -0.336 e. The zero-order valence-corrected chi connectivity index (χ0v) is 9.64. The summed E-state index contributed by atoms with van der Waals surface area (Å²) in [6, 6.07) is 0. The van der Waals surface area contributed by atoms with Gasteiger partial charge in [-0.25, -0.2) is 4.52 Å². The highest BCUT2D eigenvalue weighted by Gasteiger charge is 2.20. The van der Waals surface area contributed by atoms with Gasteiger partial charge in [0.05, 0.1) is 29.0 Å². The van der Waals surface area contributed by atoms with Crippen LogP contribution in [0, 0.1) is 12.3 Å². The molecule has 0 aliphatic heterocycles. The molecule has 0 saturated heterocycles. The molecule has 0 atom stereocenters. The van der Waals surface area contributed by atoms with Gasteiger partial charge in [0.25, 0.3) is 5.91 Å². The van der Waals surface area contributed by atoms with E-state index in [4.69, 9.17) is 6.42 Å². The standard InChI is InChI=1S/C12H12N4O/c1-4-12(2,3)15-11(17)9-7-14-16-6-5-13-8-10(9)16/h1,5-8H,2-3H3,(H,15,17). The fraction of sp³-hybridized carbons (Fsp3) is 0.250. The number of nitrogens with one attached hydrogen (secondary N) is 1. The van der Waals surface area contributed by atoms with Crippen LogP contribution in [0.5, 0.6) is 0 Å². The third-order valence-electron chi connectivity index (χ3n) is 2.36. The summed E-state index contributed by atoms with van der Waals surface area (Å²) in [6.07, 6.45) is 11.7. The highest BCUT2D eigenvalue weighted by Crippen LogP contribution is 2.10. The van der Waals surface area contributed by atoms with Crippen molar-refractivity contribution in [1.29, 1.82) is 0 Å². The van der Waals surface area contributed by atoms with Crippen LogP contribution >= 0.6 is 0 Å². The van der Waals surface area contributed by atoms with Gasteiger partial charge in [0, 0.05) is 12.4 Å². The lowest BCUT2D eigenvalue weighted by Crippen LogP contribution is -2.42. The number of fused-ring (bicyclic) bond motifs is 1. The van der Waals surface area contributed by atoms with Crippen LogP contribution in [0.2, 0.25) is 0 Å². The molecule has 86 valence electrons. The fourth-order valence-electron chi connectivity index (χ4n) is 1.40. The van der Waals surface area contributed by atoms with Crippen molar-refractivity contribution >= 4 is 11.4 Å². The molecule has 0 aromatic carbocycles. The first-order chi connectivity index (χ1) is 8.03. The molecule has 2 aromatic rings. The minimum absolute atomic E-state index is 0.254. The van der Waals surface area contributed by atoms with Crippen LogP contribution in [0.15, 0.2) is 24.8 Å². The van der Waals surface area contributed by atoms with Crippen LogP contribution in [0.1, 0.15) is 24.2 Å². The van der Waals surface area contributed by atoms with E-state index < -0.39 is 5.54 Å². The number of terminal acetylenes is 1. The van der Waals surface area contributed by atoms with E-state index in [1.165, 1.54) is 6.20 Å². The fourth-order valence-corrected chi connectivity index (χ4v) is 1.40. The number of nitrogens with zero attached hydrogens (tertiary/aromatic N) is 3. The van der Waals surface area contributed by atoms with E-state index in [0.29, 0.717) is 11.1 Å². The predicted octanol–water partition coefficient (Wildman–Crippen LogP) is 0.871. The number of amides is 1. The lowest BCUT2D eigenvalue weighted by Gasteiger charge is -2.18. The average molecular weight is 228 g/mol. The Hall–Kier alpha value is -2.35. The third-order valence-corrected chi connectivity index (χ3v) is 2.36. The molecule has 5 heteroatoms. The summed E-state index contributed by atoms with van der Waals surface area (Å²) in [6.45, 7) is 3.52. The largest absolute Gasteiger partial charge is 0.336 e. The molecule has 0 saturated carbocycles. The van der Waals surface area contributed by atoms with E-state index in [0.717, 1.165) is 0 Å². The molecule has 0 bridgehead atoms. The Labute approximate surface area is 98.9 Å². The molecule has 1 amide bonds. The molecule has 0 fully saturated rings. The van der Waals surface area contributed by atoms with Crippen LogP contribution in [-0.2, 0) is 0 Å². The Morgan fingerprint density at radius 2 is 2.29 bits per heavy atom. The molecule has 0 aliphatic rings. The van der Waals surface area contributed by atoms with Gasteiger partial charge < -0.3 is 5.32 Å². The molecule has 0 spiro atoms. The first kappa shape index (κ1) is 11.1. The van der Waals surface area contributed by atoms with Crippen LogP contribution in [0.3, 0.4) is 0 Å². The molecule has 2 rings (SSSR count). The van der Waals surface area contributed by atoms with E-state index in [9.17, 15) is 4.79 Å². The van der Waals surface area contributed by atoms with Crippen LogP contribution in [-0.4, -0.2) is 26.0 Å². The molecule has 1 N–H and O–H groups in total. The monoisotopic (exact) mass is 228 g/mol. The number of rotatable bonds is 2. The van der Waals surface area contributed by atoms with Gasteiger partial charge in [-0.3, -0.25) is 9.78 Å². The average Bonchev–Trinajstić information content (AvgIpc) is 2.72. The number of carbonyl (C=O) groups excluding carboxylic acids is 1. The summed E-state index contributed by atoms with van der Waals surface area (Å²) in [5.74, 6) is 2.25. The third kappa shape index (κ3) is 2.11. The maximum atomic E-state index is 12.0. The zero-order chi connectivity index (χ0) is 12.5. The van der Waals surface area contributed by atoms with E-state index in [-0.39, 0.29) is 5.91 Å². The van der Waals surface area contributed by atoms with Gasteiger partial charge in [0.15, 0.2) is 0 Å². The van der Waals surface area contributed by atoms with E-state index in [1.807, 2.05) is 0 Å². The number of aromatic nitrogens is 3. The normalized spacial score (nSPS) is 11.1. The van der Waals surface area contributed by atoms with Crippen LogP contribution < -0.4 is 5.32 Å². The van der Waals surface area contributed by atoms with E-state index in [1.54, 1.807) is 37.0 Å². The molecule has 0 unspecified atom stereocenters. The lowest BCUT2D eigenvalue weighted by molar-refractivity contribution is 0.0931. The lowest BCUT2D eigenvalue weighted by atomic mass is 10.1. The molecular formula is C12H12N4O. The highest BCUT2D eigenvalue weighted by molar-refractivity contribution is 6.00. The Morgan fingerprint density at radius 1 is 1.53 bits per heavy atom. The Kier molecular flexibility index (Phi) is 2.56. The van der Waals surface area contributed by atoms with Crippen LogP contribution in [0.25, 0.3) is 5.52 Å². The smallest absolute Gasteiger partial charge is 0.256 e. The second kappa shape index (κ2) is 3.91. The summed E-state index contributed by atoms with van der Waals surface area (Å²) in [7, 11) is 0. The summed E-state index contributed by atoms with van der Waals surface area (Å²) in [4.78, 5) is 16.0. The second-order valence-corrected chi connectivity index (χ2v) is 4.19. The minimum atomic E-state index is -0.687. The Balaban J connectivity index is 2.35. The summed E-state index contributed by atoms with van der Waals surface area (Å²) in [5, 5.41) is 6.80. The van der Waals surface area contributed by atoms with Crippen molar-refractivity contribution in [2.75, 3.05) is 0 Å². The van der Waals surface area contributed by atoms with Gasteiger partial charge in [-0.05, 0) is 13.8 Å². The molecule has 17 heavy (non-hydrogen) atoms. The SMILES string of the molecule is C#CC(C)(C)NC(=O)c1cnn2ccncc12. The van der Waals surface area contributed by atoms with Crippen molar-refractivity contribution in [3.05, 3.63) is 30.4 Å². The number of hydrogen-bond donors (Lipinski definition) is 1. The van der Waals surface area contributed by atoms with Crippen molar-refractivity contribution in [1.82, 2.24) is 19.9 Å². The van der Waals surface area contributed by atoms with Gasteiger partial charge in [-0.15, -0.1) is 6.42 Å². The molecular weight excluding hydrogens is 216 g/mol. The van der Waals surface area contributed by atoms with Gasteiger partial charge >= 0.3 is 0 Å². The van der Waals surface area contributed by atoms with Crippen molar-refractivity contribution < 1.29 is 4.79 Å². The zero-order valence-electron chi connectivity index (χ0n) is 9.64. The van der Waals surface area contributed by atoms with E-state index in [2.05, 4.69) is 21.3 Å². The van der Waals surface area contributed by atoms with Gasteiger partial charge in [0.1, 0.15) is 0 Å². The van der Waals surface area contributed by atoms with Gasteiger partial charge in [-0.2, -0.15) is 5.10 Å². The summed E-state index contributed by atoms with van der Waals surface area (Å²) >= 11 is 0.